The normalized spacial score (nSPS) is 35.2. The van der Waals surface area contributed by atoms with Gasteiger partial charge in [-0.25, -0.2) is 0 Å². The SMILES string of the molecule is Clc1ccc(C2CCCN2C2CC3CNCC2C(N2CCCC2c2ccc(Cl)cc2)C3)cc1. The maximum atomic E-state index is 6.21. The average Bonchev–Trinajstić information content (AvgIpc) is 3.42. The van der Waals surface area contributed by atoms with Crippen molar-refractivity contribution in [2.75, 3.05) is 26.2 Å². The molecule has 0 aromatic heterocycles. The lowest BCUT2D eigenvalue weighted by Gasteiger charge is -2.49. The minimum atomic E-state index is 0.540. The highest BCUT2D eigenvalue weighted by atomic mass is 35.5. The van der Waals surface area contributed by atoms with Crippen molar-refractivity contribution in [2.24, 2.45) is 11.8 Å². The van der Waals surface area contributed by atoms with E-state index in [4.69, 9.17) is 23.2 Å². The van der Waals surface area contributed by atoms with Gasteiger partial charge in [-0.2, -0.15) is 0 Å². The Morgan fingerprint density at radius 2 is 1.15 bits per heavy atom. The van der Waals surface area contributed by atoms with Gasteiger partial charge >= 0.3 is 0 Å². The van der Waals surface area contributed by atoms with Crippen LogP contribution in [0.2, 0.25) is 10.0 Å². The largest absolute Gasteiger partial charge is 0.316 e. The fourth-order valence-corrected chi connectivity index (χ4v) is 7.75. The number of fused-ring (bicyclic) bond motifs is 4. The molecule has 1 aliphatic carbocycles. The van der Waals surface area contributed by atoms with E-state index in [-0.39, 0.29) is 0 Å². The molecule has 4 saturated heterocycles. The highest BCUT2D eigenvalue weighted by molar-refractivity contribution is 6.30. The summed E-state index contributed by atoms with van der Waals surface area (Å²) < 4.78 is 0. The van der Waals surface area contributed by atoms with Crippen LogP contribution in [0.4, 0.5) is 0 Å². The molecule has 0 amide bonds. The van der Waals surface area contributed by atoms with E-state index in [9.17, 15) is 0 Å². The second-order valence-corrected chi connectivity index (χ2v) is 11.6. The monoisotopic (exact) mass is 483 g/mol. The van der Waals surface area contributed by atoms with Crippen LogP contribution in [0.3, 0.4) is 0 Å². The Morgan fingerprint density at radius 3 is 1.64 bits per heavy atom. The molecule has 5 fully saturated rings. The Labute approximate surface area is 208 Å². The van der Waals surface area contributed by atoms with Crippen LogP contribution in [0, 0.1) is 11.8 Å². The number of halogens is 2. The molecule has 5 aliphatic rings. The van der Waals surface area contributed by atoms with E-state index >= 15 is 0 Å². The van der Waals surface area contributed by atoms with Gasteiger partial charge < -0.3 is 5.32 Å². The van der Waals surface area contributed by atoms with E-state index in [1.807, 2.05) is 0 Å². The maximum absolute atomic E-state index is 6.21. The molecule has 1 N–H and O–H groups in total. The van der Waals surface area contributed by atoms with Gasteiger partial charge in [0.15, 0.2) is 0 Å². The Hall–Kier alpha value is -1.10. The van der Waals surface area contributed by atoms with Crippen LogP contribution in [-0.4, -0.2) is 48.1 Å². The van der Waals surface area contributed by atoms with Crippen molar-refractivity contribution in [3.63, 3.8) is 0 Å². The van der Waals surface area contributed by atoms with E-state index < -0.39 is 0 Å². The molecule has 33 heavy (non-hydrogen) atoms. The summed E-state index contributed by atoms with van der Waals surface area (Å²) in [5, 5.41) is 5.52. The molecule has 2 bridgehead atoms. The lowest BCUT2D eigenvalue weighted by Crippen LogP contribution is -2.55. The van der Waals surface area contributed by atoms with Crippen molar-refractivity contribution < 1.29 is 0 Å². The number of benzene rings is 2. The van der Waals surface area contributed by atoms with Crippen LogP contribution in [0.5, 0.6) is 0 Å². The van der Waals surface area contributed by atoms with E-state index in [1.165, 1.54) is 69.3 Å². The third-order valence-corrected chi connectivity index (χ3v) is 9.41. The third kappa shape index (κ3) is 4.36. The van der Waals surface area contributed by atoms with Crippen molar-refractivity contribution in [1.29, 1.82) is 0 Å². The topological polar surface area (TPSA) is 18.5 Å². The zero-order valence-electron chi connectivity index (χ0n) is 19.3. The third-order valence-electron chi connectivity index (χ3n) is 8.90. The first kappa shape index (κ1) is 22.4. The molecule has 176 valence electrons. The number of nitrogens with zero attached hydrogens (tertiary/aromatic N) is 2. The second kappa shape index (κ2) is 9.51. The number of hydrogen-bond donors (Lipinski definition) is 1. The fraction of sp³-hybridized carbons (Fsp3) is 0.571. The Bertz CT molecular complexity index is 873. The van der Waals surface area contributed by atoms with Crippen LogP contribution in [0.1, 0.15) is 61.7 Å². The number of hydrogen-bond acceptors (Lipinski definition) is 3. The maximum Gasteiger partial charge on any atom is 0.0406 e. The summed E-state index contributed by atoms with van der Waals surface area (Å²) in [5.41, 5.74) is 2.89. The van der Waals surface area contributed by atoms with Crippen LogP contribution in [-0.2, 0) is 0 Å². The molecule has 0 spiro atoms. The molecule has 4 unspecified atom stereocenters. The van der Waals surface area contributed by atoms with Crippen molar-refractivity contribution >= 4 is 23.2 Å². The number of nitrogens with one attached hydrogen (secondary N) is 1. The summed E-state index contributed by atoms with van der Waals surface area (Å²) >= 11 is 12.4. The minimum absolute atomic E-state index is 0.540. The first-order valence-corrected chi connectivity index (χ1v) is 13.7. The first-order valence-electron chi connectivity index (χ1n) is 12.9. The molecule has 4 aliphatic heterocycles. The molecular formula is C28H35Cl2N3. The Morgan fingerprint density at radius 1 is 0.667 bits per heavy atom. The fourth-order valence-electron chi connectivity index (χ4n) is 7.50. The van der Waals surface area contributed by atoms with E-state index in [0.29, 0.717) is 30.1 Å². The number of likely N-dealkylation sites (tertiary alicyclic amines) is 2. The zero-order valence-corrected chi connectivity index (χ0v) is 20.8. The molecule has 2 aromatic carbocycles. The highest BCUT2D eigenvalue weighted by Gasteiger charge is 2.48. The standard InChI is InChI=1S/C28H35Cl2N3/c29-22-9-5-20(6-10-22)25-3-1-13-32(25)27-15-19-16-28(24(27)18-31-17-19)33-14-2-4-26(33)21-7-11-23(30)12-8-21/h5-12,19,24-28,31H,1-4,13-18H2. The molecule has 4 atom stereocenters. The predicted molar refractivity (Wildman–Crippen MR) is 137 cm³/mol. The first-order chi connectivity index (χ1) is 16.2. The van der Waals surface area contributed by atoms with Crippen molar-refractivity contribution in [2.45, 2.75) is 62.7 Å². The second-order valence-electron chi connectivity index (χ2n) is 10.7. The highest BCUT2D eigenvalue weighted by Crippen LogP contribution is 2.46. The van der Waals surface area contributed by atoms with Gasteiger partial charge in [0.05, 0.1) is 0 Å². The Balaban J connectivity index is 1.28. The molecule has 5 heteroatoms. The molecule has 2 aromatic rings. The number of rotatable bonds is 4. The summed E-state index contributed by atoms with van der Waals surface area (Å²) in [7, 11) is 0. The van der Waals surface area contributed by atoms with Gasteiger partial charge in [0, 0.05) is 46.7 Å². The van der Waals surface area contributed by atoms with E-state index in [1.54, 1.807) is 0 Å². The zero-order chi connectivity index (χ0) is 22.4. The molecule has 1 saturated carbocycles. The van der Waals surface area contributed by atoms with E-state index in [0.717, 1.165) is 22.5 Å². The lowest BCUT2D eigenvalue weighted by atomic mass is 9.74. The van der Waals surface area contributed by atoms with Gasteiger partial charge in [-0.1, -0.05) is 47.5 Å². The van der Waals surface area contributed by atoms with Crippen molar-refractivity contribution in [1.82, 2.24) is 15.1 Å². The minimum Gasteiger partial charge on any atom is -0.316 e. The average molecular weight is 485 g/mol. The van der Waals surface area contributed by atoms with Gasteiger partial charge in [-0.3, -0.25) is 9.80 Å². The molecular weight excluding hydrogens is 449 g/mol. The summed E-state index contributed by atoms with van der Waals surface area (Å²) in [4.78, 5) is 5.76. The molecule has 3 nitrogen and oxygen atoms in total. The van der Waals surface area contributed by atoms with Crippen molar-refractivity contribution in [3.8, 4) is 0 Å². The van der Waals surface area contributed by atoms with Gasteiger partial charge in [0.2, 0.25) is 0 Å². The van der Waals surface area contributed by atoms with Crippen molar-refractivity contribution in [3.05, 3.63) is 69.7 Å². The lowest BCUT2D eigenvalue weighted by molar-refractivity contribution is 0.00803. The summed E-state index contributed by atoms with van der Waals surface area (Å²) in [6, 6.07) is 19.7. The summed E-state index contributed by atoms with van der Waals surface area (Å²) in [6.45, 7) is 4.80. The van der Waals surface area contributed by atoms with Crippen LogP contribution in [0.25, 0.3) is 0 Å². The quantitative estimate of drug-likeness (QED) is 0.547. The smallest absolute Gasteiger partial charge is 0.0406 e. The Kier molecular flexibility index (Phi) is 6.45. The van der Waals surface area contributed by atoms with Gasteiger partial charge in [0.1, 0.15) is 0 Å². The molecule has 0 radical (unpaired) electrons. The van der Waals surface area contributed by atoms with Gasteiger partial charge in [-0.15, -0.1) is 0 Å². The van der Waals surface area contributed by atoms with Crippen LogP contribution < -0.4 is 5.32 Å². The molecule has 7 rings (SSSR count). The van der Waals surface area contributed by atoms with Crippen LogP contribution >= 0.6 is 23.2 Å². The van der Waals surface area contributed by atoms with Gasteiger partial charge in [0.25, 0.3) is 0 Å². The molecule has 4 heterocycles. The summed E-state index contributed by atoms with van der Waals surface area (Å²) in [6.07, 6.45) is 7.83. The summed E-state index contributed by atoms with van der Waals surface area (Å²) in [5.74, 6) is 1.46. The van der Waals surface area contributed by atoms with Crippen LogP contribution in [0.15, 0.2) is 48.5 Å². The predicted octanol–water partition coefficient (Wildman–Crippen LogP) is 6.33. The van der Waals surface area contributed by atoms with E-state index in [2.05, 4.69) is 63.6 Å². The van der Waals surface area contributed by atoms with Gasteiger partial charge in [-0.05, 0) is 99.5 Å².